The zero-order valence-electron chi connectivity index (χ0n) is 14.9. The summed E-state index contributed by atoms with van der Waals surface area (Å²) >= 11 is 0. The van der Waals surface area contributed by atoms with Crippen LogP contribution in [0.2, 0.25) is 0 Å². The number of allylic oxidation sites excluding steroid dienone is 2. The topological polar surface area (TPSA) is 123 Å². The lowest BCUT2D eigenvalue weighted by atomic mass is 9.84. The van der Waals surface area contributed by atoms with Crippen LogP contribution in [0.4, 0.5) is 0 Å². The summed E-state index contributed by atoms with van der Waals surface area (Å²) in [5.41, 5.74) is 3.88. The highest BCUT2D eigenvalue weighted by atomic mass is 16.1. The molecule has 138 valence electrons. The predicted octanol–water partition coefficient (Wildman–Crippen LogP) is 5.13. The molecule has 0 atom stereocenters. The van der Waals surface area contributed by atoms with Crippen LogP contribution in [0, 0.1) is 16.2 Å². The highest BCUT2D eigenvalue weighted by Gasteiger charge is 2.16. The average molecular weight is 371 g/mol. The van der Waals surface area contributed by atoms with Crippen LogP contribution in [0.3, 0.4) is 0 Å². The zero-order valence-corrected chi connectivity index (χ0v) is 14.9. The van der Waals surface area contributed by atoms with E-state index in [9.17, 15) is 0 Å². The van der Waals surface area contributed by atoms with Crippen molar-refractivity contribution in [2.75, 3.05) is 0 Å². The summed E-state index contributed by atoms with van der Waals surface area (Å²) in [5.74, 6) is 0. The van der Waals surface area contributed by atoms with Gasteiger partial charge in [-0.25, -0.2) is 30.6 Å². The molecule has 1 aliphatic rings. The minimum absolute atomic E-state index is 0.750. The van der Waals surface area contributed by atoms with E-state index in [0.29, 0.717) is 0 Å². The van der Waals surface area contributed by atoms with Crippen molar-refractivity contribution in [3.05, 3.63) is 72.3 Å². The SMILES string of the molecule is C=C1CC=Cc2c1c1ccccc1c1ccccc21.N=C=O.N=C=O.N=C=O. The van der Waals surface area contributed by atoms with Gasteiger partial charge in [-0.2, -0.15) is 0 Å². The molecule has 1 aliphatic carbocycles. The molecule has 0 fully saturated rings. The molecule has 0 aromatic heterocycles. The first-order valence-electron chi connectivity index (χ1n) is 8.00. The lowest BCUT2D eigenvalue weighted by Crippen LogP contribution is -1.96. The molecule has 6 heteroatoms. The number of fused-ring (bicyclic) bond motifs is 6. The smallest absolute Gasteiger partial charge is 0.222 e. The van der Waals surface area contributed by atoms with Crippen molar-refractivity contribution in [1.82, 2.24) is 0 Å². The number of benzene rings is 3. The molecule has 28 heavy (non-hydrogen) atoms. The van der Waals surface area contributed by atoms with Gasteiger partial charge in [-0.1, -0.05) is 67.3 Å². The molecule has 3 aromatic carbocycles. The molecular formula is C22H17N3O3. The van der Waals surface area contributed by atoms with Crippen molar-refractivity contribution >= 4 is 51.4 Å². The molecule has 0 radical (unpaired) electrons. The molecular weight excluding hydrogens is 354 g/mol. The van der Waals surface area contributed by atoms with Gasteiger partial charge in [0.2, 0.25) is 18.2 Å². The molecule has 0 saturated carbocycles. The van der Waals surface area contributed by atoms with Gasteiger partial charge < -0.3 is 0 Å². The number of carbonyl (C=O) groups excluding carboxylic acids is 3. The largest absolute Gasteiger partial charge is 0.231 e. The van der Waals surface area contributed by atoms with E-state index in [0.717, 1.165) is 24.7 Å². The normalized spacial score (nSPS) is 10.4. The molecule has 3 aromatic rings. The lowest BCUT2D eigenvalue weighted by molar-refractivity contribution is 0.562. The molecule has 0 bridgehead atoms. The van der Waals surface area contributed by atoms with Crippen LogP contribution in [0.15, 0.2) is 61.2 Å². The molecule has 0 saturated heterocycles. The fourth-order valence-corrected chi connectivity index (χ4v) is 3.14. The van der Waals surface area contributed by atoms with E-state index < -0.39 is 0 Å². The molecule has 0 heterocycles. The number of isocyanates is 3. The minimum atomic E-state index is 0.750. The maximum atomic E-state index is 8.35. The Morgan fingerprint density at radius 2 is 1.11 bits per heavy atom. The van der Waals surface area contributed by atoms with E-state index in [1.54, 1.807) is 0 Å². The van der Waals surface area contributed by atoms with Gasteiger partial charge in [-0.15, -0.1) is 0 Å². The summed E-state index contributed by atoms with van der Waals surface area (Å²) < 4.78 is 0. The van der Waals surface area contributed by atoms with Gasteiger partial charge in [0.25, 0.3) is 0 Å². The van der Waals surface area contributed by atoms with Crippen molar-refractivity contribution in [3.63, 3.8) is 0 Å². The number of hydrogen-bond acceptors (Lipinski definition) is 6. The maximum absolute atomic E-state index is 8.35. The van der Waals surface area contributed by atoms with E-state index in [1.807, 2.05) is 0 Å². The Hall–Kier alpha value is -4.20. The summed E-state index contributed by atoms with van der Waals surface area (Å²) in [4.78, 5) is 25.0. The highest BCUT2D eigenvalue weighted by molar-refractivity contribution is 6.16. The minimum Gasteiger partial charge on any atom is -0.222 e. The summed E-state index contributed by atoms with van der Waals surface area (Å²) in [5, 5.41) is 21.5. The van der Waals surface area contributed by atoms with Crippen molar-refractivity contribution in [2.45, 2.75) is 6.42 Å². The van der Waals surface area contributed by atoms with E-state index in [-0.39, 0.29) is 0 Å². The van der Waals surface area contributed by atoms with Crippen LogP contribution in [-0.4, -0.2) is 18.2 Å². The Bertz CT molecular complexity index is 1100. The van der Waals surface area contributed by atoms with Crippen molar-refractivity contribution < 1.29 is 14.4 Å². The third-order valence-electron chi connectivity index (χ3n) is 3.98. The number of nitrogens with one attached hydrogen (secondary N) is 3. The first-order valence-corrected chi connectivity index (χ1v) is 8.00. The van der Waals surface area contributed by atoms with Crippen LogP contribution in [0.5, 0.6) is 0 Å². The van der Waals surface area contributed by atoms with Gasteiger partial charge in [0.15, 0.2) is 0 Å². The third kappa shape index (κ3) is 4.92. The molecule has 0 aliphatic heterocycles. The van der Waals surface area contributed by atoms with Crippen molar-refractivity contribution in [2.24, 2.45) is 0 Å². The molecule has 6 nitrogen and oxygen atoms in total. The third-order valence-corrected chi connectivity index (χ3v) is 3.98. The van der Waals surface area contributed by atoms with Crippen molar-refractivity contribution in [3.8, 4) is 0 Å². The fraction of sp³-hybridized carbons (Fsp3) is 0.0455. The van der Waals surface area contributed by atoms with E-state index in [4.69, 9.17) is 30.6 Å². The Kier molecular flexibility index (Phi) is 8.91. The Balaban J connectivity index is 0.000000376. The monoisotopic (exact) mass is 371 g/mol. The fourth-order valence-electron chi connectivity index (χ4n) is 3.14. The predicted molar refractivity (Wildman–Crippen MR) is 109 cm³/mol. The van der Waals surface area contributed by atoms with E-state index >= 15 is 0 Å². The van der Waals surface area contributed by atoms with Gasteiger partial charge in [0.1, 0.15) is 0 Å². The molecule has 3 N–H and O–H groups in total. The molecule has 0 spiro atoms. The summed E-state index contributed by atoms with van der Waals surface area (Å²) in [6, 6.07) is 17.3. The summed E-state index contributed by atoms with van der Waals surface area (Å²) in [7, 11) is 0. The Morgan fingerprint density at radius 3 is 1.61 bits per heavy atom. The average Bonchev–Trinajstić information content (AvgIpc) is 2.70. The number of hydrogen-bond donors (Lipinski definition) is 3. The van der Waals surface area contributed by atoms with Gasteiger partial charge in [0, 0.05) is 0 Å². The van der Waals surface area contributed by atoms with Crippen LogP contribution in [0.25, 0.3) is 33.2 Å². The summed E-state index contributed by atoms with van der Waals surface area (Å²) in [6.45, 7) is 4.26. The molecule has 0 amide bonds. The van der Waals surface area contributed by atoms with Crippen LogP contribution < -0.4 is 0 Å². The van der Waals surface area contributed by atoms with Crippen LogP contribution in [-0.2, 0) is 14.4 Å². The second-order valence-electron chi connectivity index (χ2n) is 5.40. The Labute approximate surface area is 161 Å². The quantitative estimate of drug-likeness (QED) is 0.288. The van der Waals surface area contributed by atoms with Gasteiger partial charge >= 0.3 is 0 Å². The van der Waals surface area contributed by atoms with Gasteiger partial charge in [0.05, 0.1) is 0 Å². The van der Waals surface area contributed by atoms with Gasteiger partial charge in [-0.05, 0) is 44.7 Å². The maximum Gasteiger partial charge on any atom is 0.231 e. The highest BCUT2D eigenvalue weighted by Crippen LogP contribution is 2.39. The molecule has 4 rings (SSSR count). The zero-order chi connectivity index (χ0) is 20.9. The second kappa shape index (κ2) is 11.4. The summed E-state index contributed by atoms with van der Waals surface area (Å²) in [6.07, 6.45) is 7.67. The standard InChI is InChI=1S/C19H14.3CHNO/c1-13-7-6-12-18-16-9-3-2-8-14(16)15-10-4-5-11-17(15)19(13)18;3*2-1-3/h2-6,8-12H,1,7H2;3*2H. The molecule has 0 unspecified atom stereocenters. The van der Waals surface area contributed by atoms with Crippen LogP contribution in [0.1, 0.15) is 17.5 Å². The van der Waals surface area contributed by atoms with Crippen LogP contribution >= 0.6 is 0 Å². The first-order chi connectivity index (χ1) is 13.6. The lowest BCUT2D eigenvalue weighted by Gasteiger charge is -2.19. The first kappa shape index (κ1) is 21.8. The van der Waals surface area contributed by atoms with E-state index in [1.165, 1.54) is 38.2 Å². The Morgan fingerprint density at radius 1 is 0.714 bits per heavy atom. The van der Waals surface area contributed by atoms with E-state index in [2.05, 4.69) is 67.3 Å². The second-order valence-corrected chi connectivity index (χ2v) is 5.40. The number of rotatable bonds is 0. The van der Waals surface area contributed by atoms with Gasteiger partial charge in [-0.3, -0.25) is 0 Å². The van der Waals surface area contributed by atoms with Crippen molar-refractivity contribution in [1.29, 1.82) is 16.2 Å².